The number of aryl methyl sites for hydroxylation is 1. The highest BCUT2D eigenvalue weighted by atomic mass is 15.1. The Kier molecular flexibility index (Phi) is 10.6. The molecule has 10 aromatic carbocycles. The highest BCUT2D eigenvalue weighted by molar-refractivity contribution is 6.13. The highest BCUT2D eigenvalue weighted by Gasteiger charge is 2.22. The molecule has 0 aliphatic rings. The summed E-state index contributed by atoms with van der Waals surface area (Å²) in [6.07, 6.45) is 7.64. The molecule has 78 heavy (non-hydrogen) atoms. The van der Waals surface area contributed by atoms with Gasteiger partial charge in [-0.3, -0.25) is 9.97 Å². The molecule has 0 amide bonds. The molecular formula is C71H49N7. The van der Waals surface area contributed by atoms with Gasteiger partial charge in [0.1, 0.15) is 0 Å². The molecule has 0 aliphatic carbocycles. The fraction of sp³-hybridized carbons (Fsp3) is 0.0141. The minimum absolute atomic E-state index is 1.07. The number of hydrogen-bond donors (Lipinski definition) is 0. The molecule has 0 fully saturated rings. The molecule has 15 rings (SSSR count). The zero-order chi connectivity index (χ0) is 51.7. The summed E-state index contributed by atoms with van der Waals surface area (Å²) in [6.45, 7) is 2.22. The number of anilines is 6. The van der Waals surface area contributed by atoms with E-state index in [0.717, 1.165) is 112 Å². The molecule has 0 N–H and O–H groups in total. The van der Waals surface area contributed by atoms with Crippen LogP contribution in [0.1, 0.15) is 5.56 Å². The van der Waals surface area contributed by atoms with Gasteiger partial charge in [0, 0.05) is 108 Å². The van der Waals surface area contributed by atoms with Crippen LogP contribution in [0.5, 0.6) is 0 Å². The van der Waals surface area contributed by atoms with Crippen LogP contribution >= 0.6 is 0 Å². The molecule has 0 saturated carbocycles. The topological polar surface area (TPSA) is 47.0 Å². The van der Waals surface area contributed by atoms with Gasteiger partial charge in [-0.1, -0.05) is 115 Å². The van der Waals surface area contributed by atoms with E-state index in [1.807, 2.05) is 24.8 Å². The van der Waals surface area contributed by atoms with Crippen molar-refractivity contribution in [3.63, 3.8) is 0 Å². The standard InChI is InChI=1S/C71H49N7/c1-48-40-49(30-33-65(48)78-70-36-38-72-46-63(70)64-47-73-39-37-71(64)78)50-41-57(76-66-28-16-14-26-59(66)61-44-55(31-34-68(61)76)74(51-18-6-2-7-19-51)52-20-8-3-9-21-52)43-58(42-50)77-67-29-17-15-27-60(67)62-45-56(32-35-69(62)77)75(53-22-10-4-11-23-53)54-24-12-5-13-25-54/h2-47H,1H3. The molecule has 0 bridgehead atoms. The first-order valence-electron chi connectivity index (χ1n) is 26.5. The van der Waals surface area contributed by atoms with Crippen LogP contribution in [-0.4, -0.2) is 23.7 Å². The van der Waals surface area contributed by atoms with Gasteiger partial charge in [-0.05, 0) is 163 Å². The Morgan fingerprint density at radius 2 is 0.679 bits per heavy atom. The maximum Gasteiger partial charge on any atom is 0.0572 e. The summed E-state index contributed by atoms with van der Waals surface area (Å²) in [5.41, 5.74) is 19.9. The summed E-state index contributed by atoms with van der Waals surface area (Å²) in [6, 6.07) is 92.4. The third-order valence-corrected chi connectivity index (χ3v) is 15.4. The summed E-state index contributed by atoms with van der Waals surface area (Å²) < 4.78 is 7.27. The average Bonchev–Trinajstić information content (AvgIpc) is 4.33. The monoisotopic (exact) mass is 999 g/mol. The lowest BCUT2D eigenvalue weighted by Crippen LogP contribution is -2.09. The van der Waals surface area contributed by atoms with E-state index in [4.69, 9.17) is 0 Å². The summed E-state index contributed by atoms with van der Waals surface area (Å²) in [5.74, 6) is 0. The van der Waals surface area contributed by atoms with Crippen molar-refractivity contribution >= 4 is 99.5 Å². The smallest absolute Gasteiger partial charge is 0.0572 e. The molecule has 0 saturated heterocycles. The van der Waals surface area contributed by atoms with Gasteiger partial charge in [-0.15, -0.1) is 0 Å². The second kappa shape index (κ2) is 18.4. The number of nitrogens with zero attached hydrogens (tertiary/aromatic N) is 7. The van der Waals surface area contributed by atoms with Gasteiger partial charge in [0.2, 0.25) is 0 Å². The number of pyridine rings is 2. The minimum atomic E-state index is 1.07. The number of hydrogen-bond acceptors (Lipinski definition) is 4. The van der Waals surface area contributed by atoms with E-state index in [1.165, 1.54) is 21.5 Å². The predicted octanol–water partition coefficient (Wildman–Crippen LogP) is 18.7. The number of para-hydroxylation sites is 6. The van der Waals surface area contributed by atoms with Crippen molar-refractivity contribution in [1.29, 1.82) is 0 Å². The van der Waals surface area contributed by atoms with E-state index in [-0.39, 0.29) is 0 Å². The lowest BCUT2D eigenvalue weighted by molar-refractivity contribution is 1.13. The highest BCUT2D eigenvalue weighted by Crippen LogP contribution is 2.44. The predicted molar refractivity (Wildman–Crippen MR) is 325 cm³/mol. The molecule has 368 valence electrons. The lowest BCUT2D eigenvalue weighted by Gasteiger charge is -2.25. The number of fused-ring (bicyclic) bond motifs is 9. The van der Waals surface area contributed by atoms with Gasteiger partial charge < -0.3 is 23.5 Å². The van der Waals surface area contributed by atoms with Gasteiger partial charge in [0.15, 0.2) is 0 Å². The fourth-order valence-corrected chi connectivity index (χ4v) is 12.0. The summed E-state index contributed by atoms with van der Waals surface area (Å²) in [4.78, 5) is 13.7. The zero-order valence-corrected chi connectivity index (χ0v) is 42.7. The van der Waals surface area contributed by atoms with Crippen LogP contribution in [0.15, 0.2) is 280 Å². The molecule has 0 atom stereocenters. The van der Waals surface area contributed by atoms with Crippen LogP contribution in [0.4, 0.5) is 34.1 Å². The minimum Gasteiger partial charge on any atom is -0.310 e. The molecule has 5 aromatic heterocycles. The largest absolute Gasteiger partial charge is 0.310 e. The molecule has 7 heteroatoms. The number of benzene rings is 10. The molecule has 0 unspecified atom stereocenters. The Balaban J connectivity index is 0.959. The Hall–Kier alpha value is -10.5. The second-order valence-electron chi connectivity index (χ2n) is 20.0. The zero-order valence-electron chi connectivity index (χ0n) is 42.7. The summed E-state index contributed by atoms with van der Waals surface area (Å²) in [5, 5.41) is 6.89. The lowest BCUT2D eigenvalue weighted by atomic mass is 10.0. The quantitative estimate of drug-likeness (QED) is 0.137. The Bertz CT molecular complexity index is 4400. The van der Waals surface area contributed by atoms with E-state index >= 15 is 0 Å². The van der Waals surface area contributed by atoms with Crippen LogP contribution in [-0.2, 0) is 0 Å². The van der Waals surface area contributed by atoms with E-state index in [0.29, 0.717) is 0 Å². The normalized spacial score (nSPS) is 11.7. The van der Waals surface area contributed by atoms with Crippen molar-refractivity contribution in [2.24, 2.45) is 0 Å². The van der Waals surface area contributed by atoms with Crippen molar-refractivity contribution in [2.45, 2.75) is 6.92 Å². The third-order valence-electron chi connectivity index (χ3n) is 15.4. The third kappa shape index (κ3) is 7.35. The SMILES string of the molecule is Cc1cc(-c2cc(-n3c4ccccc4c4cc(N(c5ccccc5)c5ccccc5)ccc43)cc(-n3c4ccccc4c4cc(N(c5ccccc5)c5ccccc5)ccc43)c2)ccc1-n1c2ccncc2c2cnccc21. The van der Waals surface area contributed by atoms with Crippen LogP contribution < -0.4 is 9.80 Å². The molecule has 0 spiro atoms. The Labute approximate surface area is 451 Å². The first-order chi connectivity index (χ1) is 38.6. The first kappa shape index (κ1) is 44.9. The summed E-state index contributed by atoms with van der Waals surface area (Å²) >= 11 is 0. The maximum absolute atomic E-state index is 4.51. The van der Waals surface area contributed by atoms with E-state index < -0.39 is 0 Å². The van der Waals surface area contributed by atoms with Gasteiger partial charge in [0.25, 0.3) is 0 Å². The van der Waals surface area contributed by atoms with Crippen molar-refractivity contribution in [3.05, 3.63) is 285 Å². The van der Waals surface area contributed by atoms with Crippen LogP contribution in [0.3, 0.4) is 0 Å². The van der Waals surface area contributed by atoms with E-state index in [2.05, 4.69) is 295 Å². The molecule has 7 nitrogen and oxygen atoms in total. The van der Waals surface area contributed by atoms with E-state index in [1.54, 1.807) is 0 Å². The first-order valence-corrected chi connectivity index (χ1v) is 26.5. The summed E-state index contributed by atoms with van der Waals surface area (Å²) in [7, 11) is 0. The molecule has 5 heterocycles. The van der Waals surface area contributed by atoms with Gasteiger partial charge in [-0.2, -0.15) is 0 Å². The van der Waals surface area contributed by atoms with Gasteiger partial charge in [-0.25, -0.2) is 0 Å². The molecule has 0 radical (unpaired) electrons. The van der Waals surface area contributed by atoms with Crippen molar-refractivity contribution in [2.75, 3.05) is 9.80 Å². The Morgan fingerprint density at radius 3 is 1.12 bits per heavy atom. The van der Waals surface area contributed by atoms with Crippen molar-refractivity contribution < 1.29 is 0 Å². The Morgan fingerprint density at radius 1 is 0.282 bits per heavy atom. The van der Waals surface area contributed by atoms with Gasteiger partial charge >= 0.3 is 0 Å². The molecular weight excluding hydrogens is 951 g/mol. The molecule has 15 aromatic rings. The van der Waals surface area contributed by atoms with Crippen LogP contribution in [0, 0.1) is 6.92 Å². The fourth-order valence-electron chi connectivity index (χ4n) is 12.0. The van der Waals surface area contributed by atoms with Gasteiger partial charge in [0.05, 0.1) is 33.1 Å². The second-order valence-corrected chi connectivity index (χ2v) is 20.0. The van der Waals surface area contributed by atoms with Crippen molar-refractivity contribution in [1.82, 2.24) is 23.7 Å². The number of aromatic nitrogens is 5. The maximum atomic E-state index is 4.51. The van der Waals surface area contributed by atoms with E-state index in [9.17, 15) is 0 Å². The van der Waals surface area contributed by atoms with Crippen LogP contribution in [0.2, 0.25) is 0 Å². The number of rotatable bonds is 10. The van der Waals surface area contributed by atoms with Crippen molar-refractivity contribution in [3.8, 4) is 28.2 Å². The van der Waals surface area contributed by atoms with Crippen LogP contribution in [0.25, 0.3) is 93.6 Å². The molecule has 0 aliphatic heterocycles. The average molecular weight is 1000 g/mol.